The second-order valence-corrected chi connectivity index (χ2v) is 2.78. The van der Waals surface area contributed by atoms with Gasteiger partial charge in [0, 0.05) is 6.92 Å². The molecule has 0 fully saturated rings. The fourth-order valence-electron chi connectivity index (χ4n) is 0.847. The van der Waals surface area contributed by atoms with Crippen molar-refractivity contribution in [2.24, 2.45) is 5.10 Å². The van der Waals surface area contributed by atoms with Gasteiger partial charge < -0.3 is 4.42 Å². The molecule has 0 radical (unpaired) electrons. The largest absolute Gasteiger partial charge is 0.460 e. The second-order valence-electron chi connectivity index (χ2n) is 2.78. The summed E-state index contributed by atoms with van der Waals surface area (Å²) < 4.78 is 5.30. The highest BCUT2D eigenvalue weighted by Gasteiger charge is 2.01. The van der Waals surface area contributed by atoms with Crippen LogP contribution in [0.2, 0.25) is 0 Å². The van der Waals surface area contributed by atoms with Crippen molar-refractivity contribution in [3.05, 3.63) is 23.7 Å². The average Bonchev–Trinajstić information content (AvgIpc) is 2.47. The highest BCUT2D eigenvalue weighted by atomic mass is 16.3. The maximum Gasteiger partial charge on any atom is 0.236 e. The molecule has 1 N–H and O–H groups in total. The molecule has 0 atom stereocenters. The van der Waals surface area contributed by atoms with Gasteiger partial charge in [0.05, 0.1) is 0 Å². The number of hydrogen-bond acceptors (Lipinski definition) is 3. The van der Waals surface area contributed by atoms with Crippen LogP contribution in [0.15, 0.2) is 21.7 Å². The third-order valence-electron chi connectivity index (χ3n) is 1.48. The van der Waals surface area contributed by atoms with E-state index in [0.29, 0.717) is 11.5 Å². The number of carbonyl (C=O) groups excluding carboxylic acids is 1. The first-order chi connectivity index (χ1) is 6.09. The maximum absolute atomic E-state index is 10.5. The Morgan fingerprint density at radius 3 is 2.62 bits per heavy atom. The zero-order chi connectivity index (χ0) is 9.84. The molecule has 1 heterocycles. The number of hydrazone groups is 1. The van der Waals surface area contributed by atoms with Gasteiger partial charge in [-0.1, -0.05) is 0 Å². The zero-order valence-electron chi connectivity index (χ0n) is 7.92. The highest BCUT2D eigenvalue weighted by Crippen LogP contribution is 2.06. The molecule has 0 aliphatic carbocycles. The Morgan fingerprint density at radius 2 is 2.15 bits per heavy atom. The Balaban J connectivity index is 2.72. The van der Waals surface area contributed by atoms with Crippen LogP contribution >= 0.6 is 0 Å². The molecular formula is C9H12N2O2. The molecule has 0 aliphatic rings. The van der Waals surface area contributed by atoms with Crippen LogP contribution in [0.3, 0.4) is 0 Å². The van der Waals surface area contributed by atoms with Crippen molar-refractivity contribution in [3.63, 3.8) is 0 Å². The minimum atomic E-state index is -0.192. The van der Waals surface area contributed by atoms with Gasteiger partial charge in [0.2, 0.25) is 5.91 Å². The van der Waals surface area contributed by atoms with Crippen LogP contribution in [0.4, 0.5) is 0 Å². The molecule has 0 aromatic carbocycles. The van der Waals surface area contributed by atoms with E-state index in [9.17, 15) is 4.79 Å². The van der Waals surface area contributed by atoms with E-state index in [4.69, 9.17) is 4.42 Å². The lowest BCUT2D eigenvalue weighted by molar-refractivity contribution is -0.118. The van der Waals surface area contributed by atoms with Gasteiger partial charge in [-0.15, -0.1) is 0 Å². The molecule has 1 amide bonds. The molecule has 70 valence electrons. The number of nitrogens with zero attached hydrogens (tertiary/aromatic N) is 1. The molecule has 0 aliphatic heterocycles. The van der Waals surface area contributed by atoms with Crippen molar-refractivity contribution in [1.29, 1.82) is 0 Å². The molecule has 1 aromatic rings. The monoisotopic (exact) mass is 180 g/mol. The van der Waals surface area contributed by atoms with E-state index in [1.54, 1.807) is 6.92 Å². The zero-order valence-corrected chi connectivity index (χ0v) is 7.92. The Hall–Kier alpha value is -1.58. The fourth-order valence-corrected chi connectivity index (χ4v) is 0.847. The molecule has 0 bridgehead atoms. The quantitative estimate of drug-likeness (QED) is 0.553. The van der Waals surface area contributed by atoms with E-state index in [2.05, 4.69) is 10.5 Å². The maximum atomic E-state index is 10.5. The van der Waals surface area contributed by atoms with Crippen LogP contribution in [0.1, 0.15) is 25.4 Å². The molecule has 13 heavy (non-hydrogen) atoms. The van der Waals surface area contributed by atoms with Gasteiger partial charge in [-0.2, -0.15) is 5.10 Å². The Bertz CT molecular complexity index is 339. The molecule has 1 aromatic heterocycles. The standard InChI is InChI=1S/C9H12N2O2/c1-6-4-5-9(13-6)7(2)10-11-8(3)12/h4-5H,1-3H3,(H,11,12)/b10-7+. The van der Waals surface area contributed by atoms with E-state index in [1.807, 2.05) is 19.1 Å². The first-order valence-electron chi connectivity index (χ1n) is 3.97. The van der Waals surface area contributed by atoms with Crippen molar-refractivity contribution < 1.29 is 9.21 Å². The van der Waals surface area contributed by atoms with E-state index in [0.717, 1.165) is 5.76 Å². The minimum absolute atomic E-state index is 0.192. The predicted molar refractivity (Wildman–Crippen MR) is 49.5 cm³/mol. The SMILES string of the molecule is CC(=O)N/N=C(\C)c1ccc(C)o1. The van der Waals surface area contributed by atoms with Crippen molar-refractivity contribution in [2.75, 3.05) is 0 Å². The van der Waals surface area contributed by atoms with Crippen molar-refractivity contribution in [3.8, 4) is 0 Å². The number of rotatable bonds is 2. The number of furan rings is 1. The normalized spacial score (nSPS) is 11.5. The van der Waals surface area contributed by atoms with E-state index in [-0.39, 0.29) is 5.91 Å². The lowest BCUT2D eigenvalue weighted by atomic mass is 10.3. The summed E-state index contributed by atoms with van der Waals surface area (Å²) in [6, 6.07) is 3.66. The number of aryl methyl sites for hydroxylation is 1. The van der Waals surface area contributed by atoms with Crippen LogP contribution < -0.4 is 5.43 Å². The predicted octanol–water partition coefficient (Wildman–Crippen LogP) is 1.45. The van der Waals surface area contributed by atoms with Crippen LogP contribution in [-0.4, -0.2) is 11.6 Å². The highest BCUT2D eigenvalue weighted by molar-refractivity contribution is 5.96. The first kappa shape index (κ1) is 9.51. The van der Waals surface area contributed by atoms with E-state index >= 15 is 0 Å². The Kier molecular flexibility index (Phi) is 2.84. The lowest BCUT2D eigenvalue weighted by Crippen LogP contribution is -2.14. The summed E-state index contributed by atoms with van der Waals surface area (Å²) in [5.74, 6) is 1.31. The molecule has 0 saturated carbocycles. The molecular weight excluding hydrogens is 168 g/mol. The van der Waals surface area contributed by atoms with Crippen LogP contribution in [-0.2, 0) is 4.79 Å². The first-order valence-corrected chi connectivity index (χ1v) is 3.97. The summed E-state index contributed by atoms with van der Waals surface area (Å²) in [4.78, 5) is 10.5. The van der Waals surface area contributed by atoms with Crippen LogP contribution in [0.5, 0.6) is 0 Å². The number of carbonyl (C=O) groups is 1. The van der Waals surface area contributed by atoms with Gasteiger partial charge >= 0.3 is 0 Å². The Morgan fingerprint density at radius 1 is 1.46 bits per heavy atom. The summed E-state index contributed by atoms with van der Waals surface area (Å²) in [7, 11) is 0. The van der Waals surface area contributed by atoms with Gasteiger partial charge in [0.25, 0.3) is 0 Å². The summed E-state index contributed by atoms with van der Waals surface area (Å²) in [5, 5.41) is 3.83. The van der Waals surface area contributed by atoms with Gasteiger partial charge in [0.1, 0.15) is 17.2 Å². The molecule has 0 spiro atoms. The van der Waals surface area contributed by atoms with E-state index in [1.165, 1.54) is 6.92 Å². The summed E-state index contributed by atoms with van der Waals surface area (Å²) in [5.41, 5.74) is 3.00. The molecule has 4 heteroatoms. The second kappa shape index (κ2) is 3.89. The molecule has 0 unspecified atom stereocenters. The van der Waals surface area contributed by atoms with Crippen molar-refractivity contribution >= 4 is 11.6 Å². The molecule has 4 nitrogen and oxygen atoms in total. The lowest BCUT2D eigenvalue weighted by Gasteiger charge is -1.95. The van der Waals surface area contributed by atoms with Gasteiger partial charge in [-0.05, 0) is 26.0 Å². The van der Waals surface area contributed by atoms with Gasteiger partial charge in [-0.25, -0.2) is 5.43 Å². The third kappa shape index (κ3) is 2.74. The topological polar surface area (TPSA) is 54.6 Å². The van der Waals surface area contributed by atoms with Crippen LogP contribution in [0, 0.1) is 6.92 Å². The van der Waals surface area contributed by atoms with E-state index < -0.39 is 0 Å². The molecule has 0 saturated heterocycles. The number of hydrogen-bond donors (Lipinski definition) is 1. The van der Waals surface area contributed by atoms with Crippen LogP contribution in [0.25, 0.3) is 0 Å². The van der Waals surface area contributed by atoms with Gasteiger partial charge in [-0.3, -0.25) is 4.79 Å². The summed E-state index contributed by atoms with van der Waals surface area (Å²) in [6.45, 7) is 5.04. The van der Waals surface area contributed by atoms with Gasteiger partial charge in [0.15, 0.2) is 0 Å². The smallest absolute Gasteiger partial charge is 0.236 e. The van der Waals surface area contributed by atoms with Crippen molar-refractivity contribution in [2.45, 2.75) is 20.8 Å². The Labute approximate surface area is 76.6 Å². The number of amides is 1. The minimum Gasteiger partial charge on any atom is -0.460 e. The number of nitrogens with one attached hydrogen (secondary N) is 1. The average molecular weight is 180 g/mol. The van der Waals surface area contributed by atoms with Crippen molar-refractivity contribution in [1.82, 2.24) is 5.43 Å². The molecule has 1 rings (SSSR count). The fraction of sp³-hybridized carbons (Fsp3) is 0.333. The third-order valence-corrected chi connectivity index (χ3v) is 1.48. The summed E-state index contributed by atoms with van der Waals surface area (Å²) in [6.07, 6.45) is 0. The summed E-state index contributed by atoms with van der Waals surface area (Å²) >= 11 is 0.